The number of aliphatic hydroxyl groups excluding tert-OH is 1. The third-order valence-electron chi connectivity index (χ3n) is 3.26. The van der Waals surface area contributed by atoms with Crippen molar-refractivity contribution in [3.63, 3.8) is 0 Å². The fourth-order valence-electron chi connectivity index (χ4n) is 2.32. The zero-order valence-corrected chi connectivity index (χ0v) is 8.73. The van der Waals surface area contributed by atoms with E-state index in [1.807, 2.05) is 12.1 Å². The molecule has 2 rings (SSSR count). The summed E-state index contributed by atoms with van der Waals surface area (Å²) in [7, 11) is 0. The number of hydrogen-bond acceptors (Lipinski definition) is 2. The van der Waals surface area contributed by atoms with Crippen LogP contribution in [0.5, 0.6) is 0 Å². The summed E-state index contributed by atoms with van der Waals surface area (Å²) in [4.78, 5) is 10.5. The van der Waals surface area contributed by atoms with Crippen molar-refractivity contribution in [1.82, 2.24) is 0 Å². The maximum Gasteiger partial charge on any atom is 0.150 e. The molecular weight excluding hydrogens is 188 g/mol. The first kappa shape index (κ1) is 10.4. The van der Waals surface area contributed by atoms with Gasteiger partial charge in [-0.15, -0.1) is 0 Å². The van der Waals surface area contributed by atoms with E-state index in [2.05, 4.69) is 0 Å². The van der Waals surface area contributed by atoms with Gasteiger partial charge in [-0.25, -0.2) is 0 Å². The van der Waals surface area contributed by atoms with Gasteiger partial charge in [0.2, 0.25) is 0 Å². The Labute approximate surface area is 89.9 Å². The van der Waals surface area contributed by atoms with Gasteiger partial charge >= 0.3 is 0 Å². The quantitative estimate of drug-likeness (QED) is 0.769. The van der Waals surface area contributed by atoms with Crippen molar-refractivity contribution in [1.29, 1.82) is 0 Å². The summed E-state index contributed by atoms with van der Waals surface area (Å²) in [6.07, 6.45) is 5.18. The highest BCUT2D eigenvalue weighted by Crippen LogP contribution is 2.35. The molecule has 0 saturated heterocycles. The topological polar surface area (TPSA) is 37.3 Å². The van der Waals surface area contributed by atoms with Gasteiger partial charge in [-0.05, 0) is 24.3 Å². The highest BCUT2D eigenvalue weighted by atomic mass is 16.3. The standard InChI is InChI=1S/C13H16O2/c14-9-10-5-7-12(8-6-10)13(15)11-3-1-2-4-11/h5-9,11,13,15H,1-4H2. The lowest BCUT2D eigenvalue weighted by molar-refractivity contribution is 0.110. The van der Waals surface area contributed by atoms with E-state index in [1.54, 1.807) is 12.1 Å². The first-order valence-electron chi connectivity index (χ1n) is 5.54. The van der Waals surface area contributed by atoms with Crippen LogP contribution < -0.4 is 0 Å². The molecule has 0 aromatic heterocycles. The number of benzene rings is 1. The van der Waals surface area contributed by atoms with E-state index in [0.717, 1.165) is 24.7 Å². The average Bonchev–Trinajstić information content (AvgIpc) is 2.82. The van der Waals surface area contributed by atoms with Gasteiger partial charge in [0, 0.05) is 5.56 Å². The van der Waals surface area contributed by atoms with Crippen LogP contribution in [-0.2, 0) is 0 Å². The first-order chi connectivity index (χ1) is 7.31. The van der Waals surface area contributed by atoms with Crippen LogP contribution in [0.2, 0.25) is 0 Å². The largest absolute Gasteiger partial charge is 0.388 e. The molecule has 80 valence electrons. The molecule has 2 heteroatoms. The summed E-state index contributed by atoms with van der Waals surface area (Å²) in [5.41, 5.74) is 1.60. The van der Waals surface area contributed by atoms with E-state index in [4.69, 9.17) is 0 Å². The Hall–Kier alpha value is -1.15. The van der Waals surface area contributed by atoms with Gasteiger partial charge in [0.05, 0.1) is 6.10 Å². The van der Waals surface area contributed by atoms with Crippen LogP contribution in [0.3, 0.4) is 0 Å². The Balaban J connectivity index is 2.10. The van der Waals surface area contributed by atoms with Crippen molar-refractivity contribution in [3.8, 4) is 0 Å². The van der Waals surface area contributed by atoms with Crippen molar-refractivity contribution >= 4 is 6.29 Å². The van der Waals surface area contributed by atoms with Gasteiger partial charge < -0.3 is 5.11 Å². The molecule has 0 aliphatic heterocycles. The maximum atomic E-state index is 10.5. The van der Waals surface area contributed by atoms with Crippen LogP contribution in [0.1, 0.15) is 47.7 Å². The Kier molecular flexibility index (Phi) is 3.17. The number of aldehydes is 1. The van der Waals surface area contributed by atoms with Crippen LogP contribution >= 0.6 is 0 Å². The van der Waals surface area contributed by atoms with Gasteiger partial charge in [0.25, 0.3) is 0 Å². The summed E-state index contributed by atoms with van der Waals surface area (Å²) in [6.45, 7) is 0. The van der Waals surface area contributed by atoms with E-state index >= 15 is 0 Å². The average molecular weight is 204 g/mol. The third-order valence-corrected chi connectivity index (χ3v) is 3.26. The van der Waals surface area contributed by atoms with Crippen molar-refractivity contribution in [2.45, 2.75) is 31.8 Å². The summed E-state index contributed by atoms with van der Waals surface area (Å²) < 4.78 is 0. The predicted octanol–water partition coefficient (Wildman–Crippen LogP) is 2.72. The van der Waals surface area contributed by atoms with Gasteiger partial charge in [-0.2, -0.15) is 0 Å². The highest BCUT2D eigenvalue weighted by Gasteiger charge is 2.24. The number of carbonyl (C=O) groups excluding carboxylic acids is 1. The van der Waals surface area contributed by atoms with E-state index in [9.17, 15) is 9.90 Å². The minimum atomic E-state index is -0.354. The Morgan fingerprint density at radius 3 is 2.33 bits per heavy atom. The summed E-state index contributed by atoms with van der Waals surface area (Å²) >= 11 is 0. The van der Waals surface area contributed by atoms with Crippen LogP contribution in [-0.4, -0.2) is 11.4 Å². The molecule has 1 aliphatic carbocycles. The van der Waals surface area contributed by atoms with Crippen molar-refractivity contribution in [2.75, 3.05) is 0 Å². The minimum absolute atomic E-state index is 0.354. The molecule has 1 aliphatic rings. The zero-order chi connectivity index (χ0) is 10.7. The fourth-order valence-corrected chi connectivity index (χ4v) is 2.32. The lowest BCUT2D eigenvalue weighted by Gasteiger charge is -2.17. The predicted molar refractivity (Wildman–Crippen MR) is 58.7 cm³/mol. The summed E-state index contributed by atoms with van der Waals surface area (Å²) in [5, 5.41) is 10.1. The van der Waals surface area contributed by atoms with Gasteiger partial charge in [0.1, 0.15) is 6.29 Å². The van der Waals surface area contributed by atoms with E-state index in [1.165, 1.54) is 12.8 Å². The third kappa shape index (κ3) is 2.26. The lowest BCUT2D eigenvalue weighted by Crippen LogP contribution is -2.08. The van der Waals surface area contributed by atoms with Crippen LogP contribution in [0, 0.1) is 5.92 Å². The van der Waals surface area contributed by atoms with Gasteiger partial charge in [-0.3, -0.25) is 4.79 Å². The molecule has 1 atom stereocenters. The Morgan fingerprint density at radius 1 is 1.20 bits per heavy atom. The van der Waals surface area contributed by atoms with Gasteiger partial charge in [0.15, 0.2) is 0 Å². The second-order valence-corrected chi connectivity index (χ2v) is 4.27. The van der Waals surface area contributed by atoms with Crippen LogP contribution in [0.25, 0.3) is 0 Å². The highest BCUT2D eigenvalue weighted by molar-refractivity contribution is 5.74. The van der Waals surface area contributed by atoms with E-state index < -0.39 is 0 Å². The smallest absolute Gasteiger partial charge is 0.150 e. The molecule has 1 saturated carbocycles. The number of rotatable bonds is 3. The zero-order valence-electron chi connectivity index (χ0n) is 8.73. The molecule has 0 amide bonds. The first-order valence-corrected chi connectivity index (χ1v) is 5.54. The van der Waals surface area contributed by atoms with Crippen LogP contribution in [0.15, 0.2) is 24.3 Å². The number of carbonyl (C=O) groups is 1. The van der Waals surface area contributed by atoms with Crippen LogP contribution in [0.4, 0.5) is 0 Å². The maximum absolute atomic E-state index is 10.5. The molecule has 1 unspecified atom stereocenters. The molecule has 15 heavy (non-hydrogen) atoms. The van der Waals surface area contributed by atoms with Crippen molar-refractivity contribution in [2.24, 2.45) is 5.92 Å². The molecule has 0 bridgehead atoms. The SMILES string of the molecule is O=Cc1ccc(C(O)C2CCCC2)cc1. The summed E-state index contributed by atoms with van der Waals surface area (Å²) in [5.74, 6) is 0.409. The monoisotopic (exact) mass is 204 g/mol. The lowest BCUT2D eigenvalue weighted by atomic mass is 9.94. The fraction of sp³-hybridized carbons (Fsp3) is 0.462. The Morgan fingerprint density at radius 2 is 1.80 bits per heavy atom. The number of hydrogen-bond donors (Lipinski definition) is 1. The van der Waals surface area contributed by atoms with E-state index in [0.29, 0.717) is 11.5 Å². The molecule has 1 fully saturated rings. The second-order valence-electron chi connectivity index (χ2n) is 4.27. The molecule has 1 aromatic carbocycles. The second kappa shape index (κ2) is 4.58. The molecule has 1 aromatic rings. The van der Waals surface area contributed by atoms with E-state index in [-0.39, 0.29) is 6.10 Å². The molecule has 0 heterocycles. The molecule has 2 nitrogen and oxygen atoms in total. The van der Waals surface area contributed by atoms with Crippen molar-refractivity contribution in [3.05, 3.63) is 35.4 Å². The normalized spacial score (nSPS) is 19.0. The molecular formula is C13H16O2. The van der Waals surface area contributed by atoms with Gasteiger partial charge in [-0.1, -0.05) is 37.1 Å². The summed E-state index contributed by atoms with van der Waals surface area (Å²) in [6, 6.07) is 7.24. The molecule has 0 radical (unpaired) electrons. The van der Waals surface area contributed by atoms with Crippen molar-refractivity contribution < 1.29 is 9.90 Å². The number of aliphatic hydroxyl groups is 1. The molecule has 1 N–H and O–H groups in total. The molecule has 0 spiro atoms. The Bertz CT molecular complexity index is 323. The minimum Gasteiger partial charge on any atom is -0.388 e.